The fraction of sp³-hybridized carbons (Fsp3) is 0.462. The van der Waals surface area contributed by atoms with Crippen molar-refractivity contribution < 1.29 is 19.0 Å². The topological polar surface area (TPSA) is 72.5 Å². The Morgan fingerprint density at radius 2 is 2.22 bits per heavy atom. The predicted octanol–water partition coefficient (Wildman–Crippen LogP) is 2.48. The zero-order valence-corrected chi connectivity index (χ0v) is 10.5. The van der Waals surface area contributed by atoms with Crippen molar-refractivity contribution in [2.75, 3.05) is 0 Å². The third-order valence-corrected chi connectivity index (χ3v) is 2.56. The van der Waals surface area contributed by atoms with Gasteiger partial charge in [-0.3, -0.25) is 0 Å². The highest BCUT2D eigenvalue weighted by atomic mass is 19.1. The second kappa shape index (κ2) is 6.35. The van der Waals surface area contributed by atoms with E-state index in [1.807, 2.05) is 6.92 Å². The van der Waals surface area contributed by atoms with Gasteiger partial charge >= 0.3 is 5.97 Å². The molecule has 1 rings (SSSR count). The molecule has 1 aromatic carbocycles. The molecule has 0 aromatic heterocycles. The highest BCUT2D eigenvalue weighted by molar-refractivity contribution is 5.72. The second-order valence-electron chi connectivity index (χ2n) is 4.20. The molecular formula is C13H18FNO3. The summed E-state index contributed by atoms with van der Waals surface area (Å²) in [6.07, 6.45) is 0.148. The van der Waals surface area contributed by atoms with Gasteiger partial charge in [0.05, 0.1) is 0 Å². The van der Waals surface area contributed by atoms with Crippen molar-refractivity contribution in [1.82, 2.24) is 0 Å². The monoisotopic (exact) mass is 255 g/mol. The van der Waals surface area contributed by atoms with Crippen molar-refractivity contribution in [3.05, 3.63) is 29.6 Å². The largest absolute Gasteiger partial charge is 0.479 e. The molecule has 2 atom stereocenters. The lowest BCUT2D eigenvalue weighted by atomic mass is 10.1. The van der Waals surface area contributed by atoms with Crippen LogP contribution in [0.25, 0.3) is 0 Å². The summed E-state index contributed by atoms with van der Waals surface area (Å²) in [4.78, 5) is 11.0. The predicted molar refractivity (Wildman–Crippen MR) is 66.0 cm³/mol. The van der Waals surface area contributed by atoms with E-state index >= 15 is 0 Å². The maximum Gasteiger partial charge on any atom is 0.344 e. The van der Waals surface area contributed by atoms with E-state index in [-0.39, 0.29) is 0 Å². The van der Waals surface area contributed by atoms with Crippen molar-refractivity contribution in [2.45, 2.75) is 38.8 Å². The average molecular weight is 255 g/mol. The molecule has 5 heteroatoms. The van der Waals surface area contributed by atoms with E-state index in [1.165, 1.54) is 18.2 Å². The Bertz CT molecular complexity index is 421. The van der Waals surface area contributed by atoms with E-state index in [0.717, 1.165) is 0 Å². The number of carboxylic acids is 1. The molecule has 0 aliphatic heterocycles. The zero-order chi connectivity index (χ0) is 13.7. The number of halogens is 1. The van der Waals surface area contributed by atoms with E-state index in [2.05, 4.69) is 0 Å². The Labute approximate surface area is 106 Å². The van der Waals surface area contributed by atoms with Crippen LogP contribution in [0.3, 0.4) is 0 Å². The van der Waals surface area contributed by atoms with Crippen molar-refractivity contribution in [3.8, 4) is 5.75 Å². The Kier molecular flexibility index (Phi) is 5.09. The van der Waals surface area contributed by atoms with Crippen LogP contribution in [0.2, 0.25) is 0 Å². The molecule has 4 nitrogen and oxygen atoms in total. The van der Waals surface area contributed by atoms with E-state index < -0.39 is 23.9 Å². The third kappa shape index (κ3) is 3.70. The van der Waals surface area contributed by atoms with Gasteiger partial charge in [0.1, 0.15) is 11.6 Å². The van der Waals surface area contributed by atoms with Gasteiger partial charge in [-0.2, -0.15) is 0 Å². The summed E-state index contributed by atoms with van der Waals surface area (Å²) in [7, 11) is 0. The van der Waals surface area contributed by atoms with Gasteiger partial charge in [-0.15, -0.1) is 0 Å². The number of rotatable bonds is 6. The fourth-order valence-corrected chi connectivity index (χ4v) is 1.63. The van der Waals surface area contributed by atoms with Gasteiger partial charge in [0.25, 0.3) is 0 Å². The molecule has 0 amide bonds. The van der Waals surface area contributed by atoms with Gasteiger partial charge in [0, 0.05) is 11.6 Å². The molecule has 1 aromatic rings. The first-order valence-electron chi connectivity index (χ1n) is 5.90. The van der Waals surface area contributed by atoms with E-state index in [0.29, 0.717) is 24.2 Å². The van der Waals surface area contributed by atoms with Crippen LogP contribution in [-0.4, -0.2) is 17.2 Å². The van der Waals surface area contributed by atoms with E-state index in [9.17, 15) is 9.18 Å². The standard InChI is InChI=1S/C13H18FNO3/c1-3-4-12(13(16)17)18-11-6-5-9(14)7-10(11)8(2)15/h5-8,12H,3-4,15H2,1-2H3,(H,16,17)/t8-,12?/m0/s1. The molecule has 0 fully saturated rings. The first-order chi connectivity index (χ1) is 8.45. The number of benzene rings is 1. The third-order valence-electron chi connectivity index (χ3n) is 2.56. The van der Waals surface area contributed by atoms with Gasteiger partial charge in [-0.05, 0) is 31.5 Å². The van der Waals surface area contributed by atoms with E-state index in [4.69, 9.17) is 15.6 Å². The summed E-state index contributed by atoms with van der Waals surface area (Å²) in [6.45, 7) is 3.56. The Morgan fingerprint density at radius 1 is 1.56 bits per heavy atom. The van der Waals surface area contributed by atoms with Crippen LogP contribution in [0.4, 0.5) is 4.39 Å². The Morgan fingerprint density at radius 3 is 2.72 bits per heavy atom. The molecule has 3 N–H and O–H groups in total. The summed E-state index contributed by atoms with van der Waals surface area (Å²) in [6, 6.07) is 3.49. The lowest BCUT2D eigenvalue weighted by molar-refractivity contribution is -0.145. The summed E-state index contributed by atoms with van der Waals surface area (Å²) < 4.78 is 18.5. The number of carbonyl (C=O) groups is 1. The zero-order valence-electron chi connectivity index (χ0n) is 10.5. The minimum Gasteiger partial charge on any atom is -0.479 e. The van der Waals surface area contributed by atoms with Crippen molar-refractivity contribution >= 4 is 5.97 Å². The number of aliphatic carboxylic acids is 1. The lowest BCUT2D eigenvalue weighted by Gasteiger charge is -2.18. The molecule has 0 bridgehead atoms. The molecule has 0 aliphatic rings. The van der Waals surface area contributed by atoms with Crippen molar-refractivity contribution in [2.24, 2.45) is 5.73 Å². The molecule has 0 aliphatic carbocycles. The molecule has 18 heavy (non-hydrogen) atoms. The number of carboxylic acid groups (broad SMARTS) is 1. The van der Waals surface area contributed by atoms with Crippen LogP contribution in [0.5, 0.6) is 5.75 Å². The Balaban J connectivity index is 2.98. The van der Waals surface area contributed by atoms with Crippen LogP contribution < -0.4 is 10.5 Å². The van der Waals surface area contributed by atoms with Gasteiger partial charge < -0.3 is 15.6 Å². The van der Waals surface area contributed by atoms with Gasteiger partial charge in [-0.1, -0.05) is 13.3 Å². The van der Waals surface area contributed by atoms with Crippen molar-refractivity contribution in [3.63, 3.8) is 0 Å². The smallest absolute Gasteiger partial charge is 0.344 e. The molecule has 0 spiro atoms. The van der Waals surface area contributed by atoms with E-state index in [1.54, 1.807) is 6.92 Å². The van der Waals surface area contributed by atoms with Crippen LogP contribution in [0.1, 0.15) is 38.3 Å². The first-order valence-corrected chi connectivity index (χ1v) is 5.90. The van der Waals surface area contributed by atoms with Crippen LogP contribution in [0.15, 0.2) is 18.2 Å². The second-order valence-corrected chi connectivity index (χ2v) is 4.20. The summed E-state index contributed by atoms with van der Waals surface area (Å²) in [5, 5.41) is 9.02. The minimum absolute atomic E-state index is 0.326. The first kappa shape index (κ1) is 14.4. The molecule has 100 valence electrons. The molecule has 0 radical (unpaired) electrons. The van der Waals surface area contributed by atoms with Crippen molar-refractivity contribution in [1.29, 1.82) is 0 Å². The SMILES string of the molecule is CCCC(Oc1ccc(F)cc1[C@H](C)N)C(=O)O. The number of nitrogens with two attached hydrogens (primary N) is 1. The number of ether oxygens (including phenoxy) is 1. The summed E-state index contributed by atoms with van der Waals surface area (Å²) in [5.41, 5.74) is 6.18. The lowest BCUT2D eigenvalue weighted by Crippen LogP contribution is -2.27. The summed E-state index contributed by atoms with van der Waals surface area (Å²) in [5.74, 6) is -1.12. The molecule has 0 saturated carbocycles. The van der Waals surface area contributed by atoms with Gasteiger partial charge in [0.15, 0.2) is 6.10 Å². The minimum atomic E-state index is -1.03. The fourth-order valence-electron chi connectivity index (χ4n) is 1.63. The summed E-state index contributed by atoms with van der Waals surface area (Å²) >= 11 is 0. The molecular weight excluding hydrogens is 237 g/mol. The average Bonchev–Trinajstić information content (AvgIpc) is 2.30. The van der Waals surface area contributed by atoms with Crippen LogP contribution in [0, 0.1) is 5.82 Å². The van der Waals surface area contributed by atoms with Crippen LogP contribution in [-0.2, 0) is 4.79 Å². The molecule has 0 heterocycles. The molecule has 0 saturated heterocycles. The van der Waals surface area contributed by atoms with Gasteiger partial charge in [0.2, 0.25) is 0 Å². The number of hydrogen-bond donors (Lipinski definition) is 2. The van der Waals surface area contributed by atoms with Crippen LogP contribution >= 0.6 is 0 Å². The maximum atomic E-state index is 13.1. The van der Waals surface area contributed by atoms with Gasteiger partial charge in [-0.25, -0.2) is 9.18 Å². The number of hydrogen-bond acceptors (Lipinski definition) is 3. The highest BCUT2D eigenvalue weighted by Gasteiger charge is 2.20. The highest BCUT2D eigenvalue weighted by Crippen LogP contribution is 2.26. The molecule has 1 unspecified atom stereocenters. The maximum absolute atomic E-state index is 13.1. The normalized spacial score (nSPS) is 14.0. The Hall–Kier alpha value is -1.62. The quantitative estimate of drug-likeness (QED) is 0.819.